The van der Waals surface area contributed by atoms with Crippen LogP contribution in [-0.4, -0.2) is 24.6 Å². The lowest BCUT2D eigenvalue weighted by Crippen LogP contribution is -2.32. The Morgan fingerprint density at radius 1 is 1.18 bits per heavy atom. The molecule has 28 heavy (non-hydrogen) atoms. The SMILES string of the molecule is CCOC(=O)c1c(NC(=O)[C@H](CC)Oc2ccc(Cl)cc2)sc2c1CCCC2. The summed E-state index contributed by atoms with van der Waals surface area (Å²) in [5.74, 6) is -0.0760. The zero-order chi connectivity index (χ0) is 20.1. The molecular formula is C21H24ClNO4S. The highest BCUT2D eigenvalue weighted by Gasteiger charge is 2.29. The van der Waals surface area contributed by atoms with Crippen molar-refractivity contribution in [3.63, 3.8) is 0 Å². The van der Waals surface area contributed by atoms with Gasteiger partial charge in [-0.25, -0.2) is 4.79 Å². The van der Waals surface area contributed by atoms with Crippen molar-refractivity contribution in [3.05, 3.63) is 45.3 Å². The Balaban J connectivity index is 1.80. The van der Waals surface area contributed by atoms with E-state index in [1.165, 1.54) is 11.3 Å². The Bertz CT molecular complexity index is 847. The van der Waals surface area contributed by atoms with Gasteiger partial charge in [-0.3, -0.25) is 4.79 Å². The van der Waals surface area contributed by atoms with E-state index in [0.29, 0.717) is 34.4 Å². The van der Waals surface area contributed by atoms with Crippen molar-refractivity contribution in [2.24, 2.45) is 0 Å². The number of fused-ring (bicyclic) bond motifs is 1. The molecule has 3 rings (SSSR count). The van der Waals surface area contributed by atoms with Crippen LogP contribution in [0.5, 0.6) is 5.75 Å². The molecule has 2 aromatic rings. The summed E-state index contributed by atoms with van der Waals surface area (Å²) in [6.45, 7) is 3.96. The molecule has 1 amide bonds. The van der Waals surface area contributed by atoms with Gasteiger partial charge in [-0.15, -0.1) is 11.3 Å². The number of anilines is 1. The summed E-state index contributed by atoms with van der Waals surface area (Å²) >= 11 is 7.37. The number of hydrogen-bond acceptors (Lipinski definition) is 5. The van der Waals surface area contributed by atoms with Crippen LogP contribution in [0.1, 0.15) is 53.9 Å². The second-order valence-electron chi connectivity index (χ2n) is 6.59. The average molecular weight is 422 g/mol. The highest BCUT2D eigenvalue weighted by atomic mass is 35.5. The van der Waals surface area contributed by atoms with E-state index >= 15 is 0 Å². The number of nitrogens with one attached hydrogen (secondary N) is 1. The van der Waals surface area contributed by atoms with E-state index in [9.17, 15) is 9.59 Å². The van der Waals surface area contributed by atoms with Crippen LogP contribution < -0.4 is 10.1 Å². The molecule has 0 radical (unpaired) electrons. The standard InChI is InChI=1S/C21H24ClNO4S/c1-3-16(27-14-11-9-13(22)10-12-14)19(24)23-20-18(21(25)26-4-2)15-7-5-6-8-17(15)28-20/h9-12,16H,3-8H2,1-2H3,(H,23,24)/t16-/m0/s1. The number of hydrogen-bond donors (Lipinski definition) is 1. The van der Waals surface area contributed by atoms with Crippen molar-refractivity contribution in [3.8, 4) is 5.75 Å². The normalized spacial score (nSPS) is 14.1. The van der Waals surface area contributed by atoms with Crippen LogP contribution in [0.2, 0.25) is 5.02 Å². The predicted octanol–water partition coefficient (Wildman–Crippen LogP) is 5.25. The van der Waals surface area contributed by atoms with E-state index in [1.807, 2.05) is 6.92 Å². The number of rotatable bonds is 7. The van der Waals surface area contributed by atoms with Crippen LogP contribution in [0, 0.1) is 0 Å². The number of amides is 1. The molecule has 1 aromatic carbocycles. The topological polar surface area (TPSA) is 64.6 Å². The number of halogens is 1. The number of benzene rings is 1. The van der Waals surface area contributed by atoms with Crippen LogP contribution >= 0.6 is 22.9 Å². The fraction of sp³-hybridized carbons (Fsp3) is 0.429. The quantitative estimate of drug-likeness (QED) is 0.620. The van der Waals surface area contributed by atoms with E-state index in [1.54, 1.807) is 31.2 Å². The molecule has 0 fully saturated rings. The highest BCUT2D eigenvalue weighted by molar-refractivity contribution is 7.17. The maximum absolute atomic E-state index is 12.9. The molecule has 0 spiro atoms. The summed E-state index contributed by atoms with van der Waals surface area (Å²) < 4.78 is 11.1. The van der Waals surface area contributed by atoms with Gasteiger partial charge in [0.15, 0.2) is 6.10 Å². The van der Waals surface area contributed by atoms with Gasteiger partial charge >= 0.3 is 5.97 Å². The van der Waals surface area contributed by atoms with E-state index < -0.39 is 6.10 Å². The Hall–Kier alpha value is -2.05. The van der Waals surface area contributed by atoms with Gasteiger partial charge < -0.3 is 14.8 Å². The summed E-state index contributed by atoms with van der Waals surface area (Å²) in [4.78, 5) is 26.5. The van der Waals surface area contributed by atoms with Crippen molar-refractivity contribution in [2.45, 2.75) is 52.1 Å². The van der Waals surface area contributed by atoms with Crippen LogP contribution in [0.25, 0.3) is 0 Å². The summed E-state index contributed by atoms with van der Waals surface area (Å²) in [5, 5.41) is 4.09. The highest BCUT2D eigenvalue weighted by Crippen LogP contribution is 2.38. The number of carbonyl (C=O) groups excluding carboxylic acids is 2. The third-order valence-corrected chi connectivity index (χ3v) is 6.10. The number of carbonyl (C=O) groups is 2. The Morgan fingerprint density at radius 2 is 1.89 bits per heavy atom. The lowest BCUT2D eigenvalue weighted by atomic mass is 9.95. The molecular weight excluding hydrogens is 398 g/mol. The van der Waals surface area contributed by atoms with Gasteiger partial charge in [0.05, 0.1) is 12.2 Å². The maximum Gasteiger partial charge on any atom is 0.341 e. The molecule has 0 saturated heterocycles. The van der Waals surface area contributed by atoms with E-state index in [0.717, 1.165) is 36.1 Å². The smallest absolute Gasteiger partial charge is 0.341 e. The van der Waals surface area contributed by atoms with Gasteiger partial charge in [-0.2, -0.15) is 0 Å². The Labute approximate surface area is 174 Å². The Kier molecular flexibility index (Phi) is 6.97. The van der Waals surface area contributed by atoms with Crippen molar-refractivity contribution in [1.82, 2.24) is 0 Å². The molecule has 1 atom stereocenters. The van der Waals surface area contributed by atoms with E-state index in [-0.39, 0.29) is 11.9 Å². The maximum atomic E-state index is 12.9. The molecule has 1 aliphatic carbocycles. The number of ether oxygens (including phenoxy) is 2. The van der Waals surface area contributed by atoms with Gasteiger partial charge in [0.25, 0.3) is 5.91 Å². The summed E-state index contributed by atoms with van der Waals surface area (Å²) in [7, 11) is 0. The third kappa shape index (κ3) is 4.67. The number of aryl methyl sites for hydroxylation is 1. The molecule has 1 heterocycles. The minimum atomic E-state index is -0.671. The van der Waals surface area contributed by atoms with Crippen molar-refractivity contribution in [2.75, 3.05) is 11.9 Å². The molecule has 150 valence electrons. The predicted molar refractivity (Wildman–Crippen MR) is 112 cm³/mol. The van der Waals surface area contributed by atoms with Crippen LogP contribution in [0.3, 0.4) is 0 Å². The molecule has 1 aliphatic rings. The zero-order valence-corrected chi connectivity index (χ0v) is 17.6. The molecule has 0 aliphatic heterocycles. The summed E-state index contributed by atoms with van der Waals surface area (Å²) in [6, 6.07) is 6.89. The van der Waals surface area contributed by atoms with E-state index in [2.05, 4.69) is 5.32 Å². The Morgan fingerprint density at radius 3 is 2.57 bits per heavy atom. The van der Waals surface area contributed by atoms with Crippen molar-refractivity contribution >= 4 is 39.8 Å². The van der Waals surface area contributed by atoms with Crippen molar-refractivity contribution in [1.29, 1.82) is 0 Å². The largest absolute Gasteiger partial charge is 0.481 e. The first-order chi connectivity index (χ1) is 13.5. The van der Waals surface area contributed by atoms with Crippen LogP contribution in [-0.2, 0) is 22.4 Å². The van der Waals surface area contributed by atoms with Gasteiger partial charge in [0.2, 0.25) is 0 Å². The first-order valence-corrected chi connectivity index (χ1v) is 10.8. The van der Waals surface area contributed by atoms with Crippen molar-refractivity contribution < 1.29 is 19.1 Å². The molecule has 0 saturated carbocycles. The molecule has 1 aromatic heterocycles. The zero-order valence-electron chi connectivity index (χ0n) is 16.0. The third-order valence-electron chi connectivity index (χ3n) is 4.64. The summed E-state index contributed by atoms with van der Waals surface area (Å²) in [5.41, 5.74) is 1.54. The van der Waals surface area contributed by atoms with Crippen LogP contribution in [0.15, 0.2) is 24.3 Å². The van der Waals surface area contributed by atoms with Gasteiger partial charge in [-0.05, 0) is 68.9 Å². The van der Waals surface area contributed by atoms with Crippen LogP contribution in [0.4, 0.5) is 5.00 Å². The molecule has 7 heteroatoms. The second kappa shape index (κ2) is 9.43. The number of thiophene rings is 1. The minimum Gasteiger partial charge on any atom is -0.481 e. The second-order valence-corrected chi connectivity index (χ2v) is 8.14. The lowest BCUT2D eigenvalue weighted by Gasteiger charge is -2.17. The number of esters is 1. The monoisotopic (exact) mass is 421 g/mol. The first-order valence-electron chi connectivity index (χ1n) is 9.58. The fourth-order valence-corrected chi connectivity index (χ4v) is 4.67. The minimum absolute atomic E-state index is 0.276. The van der Waals surface area contributed by atoms with Gasteiger partial charge in [0, 0.05) is 9.90 Å². The molecule has 0 unspecified atom stereocenters. The summed E-state index contributed by atoms with van der Waals surface area (Å²) in [6.07, 6.45) is 3.74. The molecule has 0 bridgehead atoms. The van der Waals surface area contributed by atoms with Gasteiger partial charge in [-0.1, -0.05) is 18.5 Å². The molecule has 1 N–H and O–H groups in total. The van der Waals surface area contributed by atoms with E-state index in [4.69, 9.17) is 21.1 Å². The van der Waals surface area contributed by atoms with Gasteiger partial charge in [0.1, 0.15) is 10.8 Å². The molecule has 5 nitrogen and oxygen atoms in total. The fourth-order valence-electron chi connectivity index (χ4n) is 3.27. The lowest BCUT2D eigenvalue weighted by molar-refractivity contribution is -0.122. The first kappa shape index (κ1) is 20.7. The average Bonchev–Trinajstić information content (AvgIpc) is 3.05.